The first-order valence-corrected chi connectivity index (χ1v) is 4.51. The zero-order chi connectivity index (χ0) is 8.74. The van der Waals surface area contributed by atoms with Gasteiger partial charge >= 0.3 is 0 Å². The van der Waals surface area contributed by atoms with Crippen LogP contribution in [0.4, 0.5) is 0 Å². The zero-order valence-electron chi connectivity index (χ0n) is 8.24. The monoisotopic (exact) mass is 159 g/mol. The van der Waals surface area contributed by atoms with E-state index in [9.17, 15) is 0 Å². The van der Waals surface area contributed by atoms with Crippen LogP contribution in [0.1, 0.15) is 40.0 Å². The molecule has 0 aliphatic heterocycles. The minimum atomic E-state index is -0.106. The Labute approximate surface area is 70.3 Å². The van der Waals surface area contributed by atoms with Crippen molar-refractivity contribution in [1.29, 1.82) is 0 Å². The Balaban J connectivity index is 3.68. The third kappa shape index (κ3) is 4.38. The second-order valence-corrected chi connectivity index (χ2v) is 3.02. The van der Waals surface area contributed by atoms with Crippen LogP contribution < -0.4 is 5.32 Å². The molecule has 2 nitrogen and oxygen atoms in total. The highest BCUT2D eigenvalue weighted by molar-refractivity contribution is 4.69. The van der Waals surface area contributed by atoms with E-state index >= 15 is 0 Å². The van der Waals surface area contributed by atoms with Gasteiger partial charge in [0.2, 0.25) is 0 Å². The first-order valence-electron chi connectivity index (χ1n) is 4.51. The number of unbranched alkanes of at least 4 members (excludes halogenated alkanes) is 1. The van der Waals surface area contributed by atoms with Crippen molar-refractivity contribution >= 4 is 0 Å². The van der Waals surface area contributed by atoms with Crippen LogP contribution in [-0.4, -0.2) is 19.4 Å². The Morgan fingerprint density at radius 1 is 1.36 bits per heavy atom. The van der Waals surface area contributed by atoms with Crippen LogP contribution in [0.2, 0.25) is 0 Å². The predicted octanol–water partition coefficient (Wildman–Crippen LogP) is 2.15. The fraction of sp³-hybridized carbons (Fsp3) is 1.00. The molecule has 0 aromatic rings. The largest absolute Gasteiger partial charge is 0.361 e. The van der Waals surface area contributed by atoms with Gasteiger partial charge in [0.05, 0.1) is 0 Å². The van der Waals surface area contributed by atoms with Gasteiger partial charge in [0.1, 0.15) is 5.72 Å². The maximum absolute atomic E-state index is 5.57. The molecule has 0 aromatic heterocycles. The molecule has 0 saturated carbocycles. The van der Waals surface area contributed by atoms with Crippen LogP contribution in [0.25, 0.3) is 0 Å². The van der Waals surface area contributed by atoms with Crippen molar-refractivity contribution in [3.63, 3.8) is 0 Å². The normalized spacial score (nSPS) is 16.4. The van der Waals surface area contributed by atoms with Crippen LogP contribution in [0, 0.1) is 0 Å². The molecule has 68 valence electrons. The van der Waals surface area contributed by atoms with E-state index in [1.54, 1.807) is 0 Å². The van der Waals surface area contributed by atoms with Crippen LogP contribution in [-0.2, 0) is 4.74 Å². The second-order valence-electron chi connectivity index (χ2n) is 3.02. The molecule has 1 N–H and O–H groups in total. The van der Waals surface area contributed by atoms with Crippen molar-refractivity contribution in [2.45, 2.75) is 45.8 Å². The van der Waals surface area contributed by atoms with Crippen LogP contribution in [0.15, 0.2) is 0 Å². The Bertz CT molecular complexity index is 95.6. The third-order valence-electron chi connectivity index (χ3n) is 2.00. The van der Waals surface area contributed by atoms with E-state index in [0.717, 1.165) is 13.0 Å². The van der Waals surface area contributed by atoms with Gasteiger partial charge in [0, 0.05) is 6.61 Å². The summed E-state index contributed by atoms with van der Waals surface area (Å²) >= 11 is 0. The summed E-state index contributed by atoms with van der Waals surface area (Å²) in [6, 6.07) is 0. The van der Waals surface area contributed by atoms with Gasteiger partial charge in [-0.2, -0.15) is 0 Å². The van der Waals surface area contributed by atoms with E-state index in [-0.39, 0.29) is 5.72 Å². The molecule has 0 radical (unpaired) electrons. The molecule has 2 heteroatoms. The molecule has 0 aliphatic carbocycles. The molecule has 0 saturated heterocycles. The average molecular weight is 159 g/mol. The number of nitrogens with one attached hydrogen (secondary N) is 1. The predicted molar refractivity (Wildman–Crippen MR) is 48.6 cm³/mol. The quantitative estimate of drug-likeness (QED) is 0.600. The van der Waals surface area contributed by atoms with E-state index in [2.05, 4.69) is 19.2 Å². The molecule has 0 bridgehead atoms. The van der Waals surface area contributed by atoms with Gasteiger partial charge in [-0.15, -0.1) is 0 Å². The van der Waals surface area contributed by atoms with E-state index in [1.807, 2.05) is 14.0 Å². The van der Waals surface area contributed by atoms with Gasteiger partial charge in [-0.25, -0.2) is 0 Å². The number of hydrogen-bond donors (Lipinski definition) is 1. The van der Waals surface area contributed by atoms with E-state index < -0.39 is 0 Å². The molecule has 0 amide bonds. The molecule has 0 aromatic carbocycles. The average Bonchev–Trinajstić information content (AvgIpc) is 2.02. The molecule has 0 heterocycles. The molecule has 0 rings (SSSR count). The maximum Gasteiger partial charge on any atom is 0.116 e. The SMILES string of the molecule is CCCCC(C)(NC)OCC. The van der Waals surface area contributed by atoms with Gasteiger partial charge < -0.3 is 4.74 Å². The summed E-state index contributed by atoms with van der Waals surface area (Å²) in [5, 5.41) is 3.19. The Hall–Kier alpha value is -0.0800. The Morgan fingerprint density at radius 3 is 2.36 bits per heavy atom. The zero-order valence-corrected chi connectivity index (χ0v) is 8.24. The van der Waals surface area contributed by atoms with Crippen molar-refractivity contribution in [2.75, 3.05) is 13.7 Å². The molecule has 0 spiro atoms. The van der Waals surface area contributed by atoms with Gasteiger partial charge in [-0.05, 0) is 33.7 Å². The summed E-state index contributed by atoms with van der Waals surface area (Å²) in [6.45, 7) is 7.11. The molecule has 1 atom stereocenters. The van der Waals surface area contributed by atoms with Gasteiger partial charge in [-0.1, -0.05) is 13.3 Å². The minimum Gasteiger partial charge on any atom is -0.361 e. The lowest BCUT2D eigenvalue weighted by Gasteiger charge is -2.28. The Kier molecular flexibility index (Phi) is 5.51. The lowest BCUT2D eigenvalue weighted by molar-refractivity contribution is -0.0529. The molecule has 0 aliphatic rings. The third-order valence-corrected chi connectivity index (χ3v) is 2.00. The van der Waals surface area contributed by atoms with Gasteiger partial charge in [0.15, 0.2) is 0 Å². The van der Waals surface area contributed by atoms with Gasteiger partial charge in [0.25, 0.3) is 0 Å². The topological polar surface area (TPSA) is 21.3 Å². The minimum absolute atomic E-state index is 0.106. The van der Waals surface area contributed by atoms with E-state index in [0.29, 0.717) is 0 Å². The first kappa shape index (κ1) is 10.9. The lowest BCUT2D eigenvalue weighted by atomic mass is 10.1. The summed E-state index contributed by atoms with van der Waals surface area (Å²) in [4.78, 5) is 0. The molecule has 0 fully saturated rings. The summed E-state index contributed by atoms with van der Waals surface area (Å²) < 4.78 is 5.57. The smallest absolute Gasteiger partial charge is 0.116 e. The van der Waals surface area contributed by atoms with Crippen molar-refractivity contribution in [2.24, 2.45) is 0 Å². The molecule has 1 unspecified atom stereocenters. The molecule has 11 heavy (non-hydrogen) atoms. The van der Waals surface area contributed by atoms with E-state index in [4.69, 9.17) is 4.74 Å². The summed E-state index contributed by atoms with van der Waals surface area (Å²) in [5.74, 6) is 0. The van der Waals surface area contributed by atoms with Crippen molar-refractivity contribution < 1.29 is 4.74 Å². The van der Waals surface area contributed by atoms with Crippen molar-refractivity contribution in [3.8, 4) is 0 Å². The number of rotatable bonds is 6. The molecular formula is C9H21NO. The summed E-state index contributed by atoms with van der Waals surface area (Å²) in [6.07, 6.45) is 3.54. The van der Waals surface area contributed by atoms with Crippen molar-refractivity contribution in [3.05, 3.63) is 0 Å². The summed E-state index contributed by atoms with van der Waals surface area (Å²) in [5.41, 5.74) is -0.106. The standard InChI is InChI=1S/C9H21NO/c1-5-7-8-9(3,10-4)11-6-2/h10H,5-8H2,1-4H3. The summed E-state index contributed by atoms with van der Waals surface area (Å²) in [7, 11) is 1.95. The van der Waals surface area contributed by atoms with Crippen LogP contribution in [0.3, 0.4) is 0 Å². The first-order chi connectivity index (χ1) is 5.18. The van der Waals surface area contributed by atoms with Gasteiger partial charge in [-0.3, -0.25) is 5.32 Å². The second kappa shape index (κ2) is 5.56. The maximum atomic E-state index is 5.57. The number of hydrogen-bond acceptors (Lipinski definition) is 2. The highest BCUT2D eigenvalue weighted by Gasteiger charge is 2.20. The van der Waals surface area contributed by atoms with E-state index in [1.165, 1.54) is 12.8 Å². The van der Waals surface area contributed by atoms with Crippen LogP contribution in [0.5, 0.6) is 0 Å². The lowest BCUT2D eigenvalue weighted by Crippen LogP contribution is -2.42. The molecular weight excluding hydrogens is 138 g/mol. The highest BCUT2D eigenvalue weighted by Crippen LogP contribution is 2.14. The highest BCUT2D eigenvalue weighted by atomic mass is 16.5. The van der Waals surface area contributed by atoms with Crippen molar-refractivity contribution in [1.82, 2.24) is 5.32 Å². The fourth-order valence-electron chi connectivity index (χ4n) is 1.10. The Morgan fingerprint density at radius 2 is 2.00 bits per heavy atom. The fourth-order valence-corrected chi connectivity index (χ4v) is 1.10. The number of ether oxygens (including phenoxy) is 1. The van der Waals surface area contributed by atoms with Crippen LogP contribution >= 0.6 is 0 Å².